The Hall–Kier alpha value is -1.76. The second kappa shape index (κ2) is 9.44. The van der Waals surface area contributed by atoms with Gasteiger partial charge in [0, 0.05) is 43.8 Å². The second-order valence-electron chi connectivity index (χ2n) is 7.23. The van der Waals surface area contributed by atoms with Gasteiger partial charge >= 0.3 is 0 Å². The fourth-order valence-corrected chi connectivity index (χ4v) is 3.99. The molecule has 27 heavy (non-hydrogen) atoms. The zero-order valence-corrected chi connectivity index (χ0v) is 18.2. The molecule has 0 spiro atoms. The number of fused-ring (bicyclic) bond motifs is 1. The lowest BCUT2D eigenvalue weighted by molar-refractivity contribution is 0.605. The Labute approximate surface area is 179 Å². The number of guanidine groups is 1. The van der Waals surface area contributed by atoms with Gasteiger partial charge in [-0.25, -0.2) is 0 Å². The highest BCUT2D eigenvalue weighted by molar-refractivity contribution is 14.0. The number of hydrogen-bond donors (Lipinski definition) is 2. The number of nitrogens with zero attached hydrogens (tertiary/aromatic N) is 2. The van der Waals surface area contributed by atoms with Crippen LogP contribution in [0.5, 0.6) is 0 Å². The first kappa shape index (κ1) is 20.0. The molecule has 2 aromatic carbocycles. The van der Waals surface area contributed by atoms with Gasteiger partial charge in [0.1, 0.15) is 0 Å². The molecule has 1 aliphatic heterocycles. The standard InChI is InChI=1S/C22H28N4.HI/c1-2-23-22(24-15-18-14-17-8-6-7-11-21(17)18)25-19-12-13-26(16-19)20-9-4-3-5-10-20;/h3-11,18-19H,2,12-16H2,1H3,(H2,23,24,25);1H. The average Bonchev–Trinajstić information content (AvgIpc) is 3.12. The predicted octanol–water partition coefficient (Wildman–Crippen LogP) is 3.78. The van der Waals surface area contributed by atoms with Crippen molar-refractivity contribution in [3.63, 3.8) is 0 Å². The van der Waals surface area contributed by atoms with Crippen molar-refractivity contribution in [2.75, 3.05) is 31.1 Å². The largest absolute Gasteiger partial charge is 0.369 e. The maximum Gasteiger partial charge on any atom is 0.191 e. The molecule has 2 aliphatic rings. The first-order valence-corrected chi connectivity index (χ1v) is 9.76. The van der Waals surface area contributed by atoms with Gasteiger partial charge in [0.2, 0.25) is 0 Å². The molecular weight excluding hydrogens is 447 g/mol. The van der Waals surface area contributed by atoms with Gasteiger partial charge in [0.05, 0.1) is 0 Å². The fraction of sp³-hybridized carbons (Fsp3) is 0.409. The number of hydrogen-bond acceptors (Lipinski definition) is 2. The van der Waals surface area contributed by atoms with Crippen molar-refractivity contribution in [3.8, 4) is 0 Å². The Morgan fingerprint density at radius 1 is 1.11 bits per heavy atom. The summed E-state index contributed by atoms with van der Waals surface area (Å²) in [7, 11) is 0. The summed E-state index contributed by atoms with van der Waals surface area (Å²) in [5, 5.41) is 7.05. The Balaban J connectivity index is 0.00000210. The number of benzene rings is 2. The molecular formula is C22H29IN4. The zero-order valence-electron chi connectivity index (χ0n) is 15.9. The molecule has 4 rings (SSSR count). The van der Waals surface area contributed by atoms with E-state index in [2.05, 4.69) is 77.1 Å². The van der Waals surface area contributed by atoms with Gasteiger partial charge in [0.25, 0.3) is 0 Å². The SMILES string of the molecule is CCNC(=NCC1Cc2ccccc21)NC1CCN(c2ccccc2)C1.I. The van der Waals surface area contributed by atoms with Gasteiger partial charge in [-0.3, -0.25) is 4.99 Å². The van der Waals surface area contributed by atoms with Crippen LogP contribution < -0.4 is 15.5 Å². The van der Waals surface area contributed by atoms with E-state index in [1.165, 1.54) is 16.8 Å². The lowest BCUT2D eigenvalue weighted by Crippen LogP contribution is -2.45. The Morgan fingerprint density at radius 2 is 1.89 bits per heavy atom. The summed E-state index contributed by atoms with van der Waals surface area (Å²) < 4.78 is 0. The van der Waals surface area contributed by atoms with Gasteiger partial charge in [-0.15, -0.1) is 24.0 Å². The summed E-state index contributed by atoms with van der Waals surface area (Å²) in [4.78, 5) is 7.32. The highest BCUT2D eigenvalue weighted by Crippen LogP contribution is 2.34. The summed E-state index contributed by atoms with van der Waals surface area (Å²) in [6.07, 6.45) is 2.30. The number of rotatable bonds is 5. The third-order valence-electron chi connectivity index (χ3n) is 5.43. The molecule has 2 unspecified atom stereocenters. The number of aliphatic imine (C=N–C) groups is 1. The van der Waals surface area contributed by atoms with E-state index in [-0.39, 0.29) is 24.0 Å². The Bertz CT molecular complexity index is 762. The monoisotopic (exact) mass is 476 g/mol. The predicted molar refractivity (Wildman–Crippen MR) is 124 cm³/mol. The minimum Gasteiger partial charge on any atom is -0.369 e. The van der Waals surface area contributed by atoms with Crippen LogP contribution in [-0.4, -0.2) is 38.2 Å². The maximum atomic E-state index is 4.87. The molecule has 1 heterocycles. The number of para-hydroxylation sites is 1. The normalized spacial score (nSPS) is 21.1. The highest BCUT2D eigenvalue weighted by Gasteiger charge is 2.26. The van der Waals surface area contributed by atoms with Gasteiger partial charge in [-0.1, -0.05) is 42.5 Å². The summed E-state index contributed by atoms with van der Waals surface area (Å²) >= 11 is 0. The van der Waals surface area contributed by atoms with Gasteiger partial charge < -0.3 is 15.5 Å². The molecule has 0 bridgehead atoms. The molecule has 4 nitrogen and oxygen atoms in total. The third kappa shape index (κ3) is 4.75. The number of anilines is 1. The summed E-state index contributed by atoms with van der Waals surface area (Å²) in [6, 6.07) is 19.9. The van der Waals surface area contributed by atoms with Crippen molar-refractivity contribution in [2.45, 2.75) is 31.7 Å². The number of halogens is 1. The van der Waals surface area contributed by atoms with Crippen molar-refractivity contribution in [3.05, 3.63) is 65.7 Å². The minimum atomic E-state index is 0. The molecule has 1 aliphatic carbocycles. The Kier molecular flexibility index (Phi) is 6.99. The van der Waals surface area contributed by atoms with Crippen LogP contribution in [0.15, 0.2) is 59.6 Å². The molecule has 1 fully saturated rings. The first-order valence-electron chi connectivity index (χ1n) is 9.76. The number of nitrogens with one attached hydrogen (secondary N) is 2. The fourth-order valence-electron chi connectivity index (χ4n) is 3.99. The van der Waals surface area contributed by atoms with E-state index in [0.717, 1.165) is 45.0 Å². The van der Waals surface area contributed by atoms with Crippen molar-refractivity contribution in [1.82, 2.24) is 10.6 Å². The van der Waals surface area contributed by atoms with E-state index >= 15 is 0 Å². The van der Waals surface area contributed by atoms with E-state index in [1.807, 2.05) is 0 Å². The molecule has 5 heteroatoms. The van der Waals surface area contributed by atoms with Crippen LogP contribution in [0, 0.1) is 0 Å². The molecule has 2 atom stereocenters. The summed E-state index contributed by atoms with van der Waals surface area (Å²) in [5.41, 5.74) is 4.27. The van der Waals surface area contributed by atoms with Crippen LogP contribution >= 0.6 is 24.0 Å². The molecule has 2 aromatic rings. The third-order valence-corrected chi connectivity index (χ3v) is 5.43. The van der Waals surface area contributed by atoms with E-state index in [9.17, 15) is 0 Å². The van der Waals surface area contributed by atoms with Crippen molar-refractivity contribution >= 4 is 35.6 Å². The summed E-state index contributed by atoms with van der Waals surface area (Å²) in [5.74, 6) is 1.53. The van der Waals surface area contributed by atoms with Gasteiger partial charge in [0.15, 0.2) is 5.96 Å². The van der Waals surface area contributed by atoms with Crippen LogP contribution in [0.2, 0.25) is 0 Å². The maximum absolute atomic E-state index is 4.87. The molecule has 2 N–H and O–H groups in total. The van der Waals surface area contributed by atoms with E-state index < -0.39 is 0 Å². The zero-order chi connectivity index (χ0) is 17.8. The van der Waals surface area contributed by atoms with Crippen LogP contribution in [0.4, 0.5) is 5.69 Å². The molecule has 0 amide bonds. The minimum absolute atomic E-state index is 0. The quantitative estimate of drug-likeness (QED) is 0.392. The lowest BCUT2D eigenvalue weighted by Gasteiger charge is -2.29. The first-order chi connectivity index (χ1) is 12.8. The van der Waals surface area contributed by atoms with E-state index in [4.69, 9.17) is 4.99 Å². The summed E-state index contributed by atoms with van der Waals surface area (Å²) in [6.45, 7) is 6.00. The lowest BCUT2D eigenvalue weighted by atomic mass is 9.78. The topological polar surface area (TPSA) is 39.7 Å². The van der Waals surface area contributed by atoms with Crippen molar-refractivity contribution < 1.29 is 0 Å². The average molecular weight is 476 g/mol. The van der Waals surface area contributed by atoms with Crippen molar-refractivity contribution in [2.24, 2.45) is 4.99 Å². The molecule has 0 aromatic heterocycles. The molecule has 0 saturated carbocycles. The van der Waals surface area contributed by atoms with Crippen LogP contribution in [-0.2, 0) is 6.42 Å². The van der Waals surface area contributed by atoms with Crippen LogP contribution in [0.1, 0.15) is 30.4 Å². The highest BCUT2D eigenvalue weighted by atomic mass is 127. The van der Waals surface area contributed by atoms with E-state index in [0.29, 0.717) is 12.0 Å². The smallest absolute Gasteiger partial charge is 0.191 e. The Morgan fingerprint density at radius 3 is 2.67 bits per heavy atom. The van der Waals surface area contributed by atoms with Gasteiger partial charge in [-0.2, -0.15) is 0 Å². The van der Waals surface area contributed by atoms with Crippen LogP contribution in [0.25, 0.3) is 0 Å². The molecule has 0 radical (unpaired) electrons. The van der Waals surface area contributed by atoms with Crippen molar-refractivity contribution in [1.29, 1.82) is 0 Å². The second-order valence-corrected chi connectivity index (χ2v) is 7.23. The molecule has 144 valence electrons. The molecule has 1 saturated heterocycles. The van der Waals surface area contributed by atoms with Crippen LogP contribution in [0.3, 0.4) is 0 Å². The van der Waals surface area contributed by atoms with Gasteiger partial charge in [-0.05, 0) is 43.0 Å². The van der Waals surface area contributed by atoms with E-state index in [1.54, 1.807) is 0 Å².